The highest BCUT2D eigenvalue weighted by Gasteiger charge is 2.36. The third-order valence-electron chi connectivity index (χ3n) is 5.28. The van der Waals surface area contributed by atoms with Gasteiger partial charge in [0.15, 0.2) is 0 Å². The molecule has 3 amide bonds. The molecule has 10 heteroatoms. The molecule has 0 saturated heterocycles. The van der Waals surface area contributed by atoms with Crippen LogP contribution in [0.1, 0.15) is 66.0 Å². The van der Waals surface area contributed by atoms with Crippen molar-refractivity contribution in [3.8, 4) is 5.75 Å². The molecule has 10 nitrogen and oxygen atoms in total. The Morgan fingerprint density at radius 1 is 1.09 bits per heavy atom. The van der Waals surface area contributed by atoms with Crippen LogP contribution in [0.3, 0.4) is 0 Å². The van der Waals surface area contributed by atoms with Gasteiger partial charge < -0.3 is 30.1 Å². The number of hydrogen-bond acceptors (Lipinski definition) is 7. The number of alkyl carbamates (subject to hydrolysis) is 1. The lowest BCUT2D eigenvalue weighted by Crippen LogP contribution is -2.54. The molecule has 0 heterocycles. The van der Waals surface area contributed by atoms with E-state index in [1.165, 1.54) is 36.2 Å². The van der Waals surface area contributed by atoms with Crippen molar-refractivity contribution in [3.63, 3.8) is 0 Å². The number of amides is 3. The van der Waals surface area contributed by atoms with Crippen LogP contribution in [0.15, 0.2) is 24.3 Å². The van der Waals surface area contributed by atoms with Crippen LogP contribution in [0.5, 0.6) is 5.75 Å². The van der Waals surface area contributed by atoms with Crippen molar-refractivity contribution in [2.75, 3.05) is 20.2 Å². The van der Waals surface area contributed by atoms with Gasteiger partial charge in [-0.2, -0.15) is 0 Å². The summed E-state index contributed by atoms with van der Waals surface area (Å²) in [7, 11) is 1.47. The molecular formula is C25H39N3O7. The van der Waals surface area contributed by atoms with Gasteiger partial charge in [-0.05, 0) is 51.3 Å². The molecule has 1 aromatic carbocycles. The molecule has 3 N–H and O–H groups in total. The molecule has 0 fully saturated rings. The van der Waals surface area contributed by atoms with E-state index in [4.69, 9.17) is 9.47 Å². The summed E-state index contributed by atoms with van der Waals surface area (Å²) < 4.78 is 10.2. The van der Waals surface area contributed by atoms with Crippen LogP contribution < -0.4 is 10.6 Å². The number of esters is 1. The van der Waals surface area contributed by atoms with E-state index < -0.39 is 41.6 Å². The molecule has 3 unspecified atom stereocenters. The van der Waals surface area contributed by atoms with Gasteiger partial charge in [-0.3, -0.25) is 14.4 Å². The molecule has 0 spiro atoms. The number of nitrogens with zero attached hydrogens (tertiary/aromatic N) is 1. The number of aromatic hydroxyl groups is 1. The van der Waals surface area contributed by atoms with E-state index in [1.54, 1.807) is 27.7 Å². The summed E-state index contributed by atoms with van der Waals surface area (Å²) in [4.78, 5) is 52.0. The van der Waals surface area contributed by atoms with E-state index in [2.05, 4.69) is 10.6 Å². The minimum Gasteiger partial charge on any atom is -0.508 e. The Bertz CT molecular complexity index is 865. The van der Waals surface area contributed by atoms with Gasteiger partial charge in [0.1, 0.15) is 23.4 Å². The number of hydrogen-bond donors (Lipinski definition) is 3. The average molecular weight is 494 g/mol. The smallest absolute Gasteiger partial charge is 0.408 e. The molecule has 3 atom stereocenters. The fraction of sp³-hybridized carbons (Fsp3) is 0.600. The molecule has 1 aromatic rings. The molecule has 196 valence electrons. The predicted molar refractivity (Wildman–Crippen MR) is 130 cm³/mol. The van der Waals surface area contributed by atoms with Crippen molar-refractivity contribution in [3.05, 3.63) is 29.8 Å². The Kier molecular flexibility index (Phi) is 11.5. The minimum absolute atomic E-state index is 0.00766. The normalized spacial score (nSPS) is 13.7. The van der Waals surface area contributed by atoms with E-state index in [-0.39, 0.29) is 31.2 Å². The molecule has 0 aliphatic heterocycles. The largest absolute Gasteiger partial charge is 0.508 e. The topological polar surface area (TPSA) is 134 Å². The predicted octanol–water partition coefficient (Wildman–Crippen LogP) is 2.90. The molecule has 0 radical (unpaired) electrons. The fourth-order valence-electron chi connectivity index (χ4n) is 3.29. The van der Waals surface area contributed by atoms with Gasteiger partial charge in [-0.1, -0.05) is 32.4 Å². The van der Waals surface area contributed by atoms with Crippen LogP contribution in [-0.4, -0.2) is 65.7 Å². The van der Waals surface area contributed by atoms with E-state index in [0.717, 1.165) is 0 Å². The summed E-state index contributed by atoms with van der Waals surface area (Å²) >= 11 is 0. The number of nitrogens with one attached hydrogen (secondary N) is 2. The lowest BCUT2D eigenvalue weighted by molar-refractivity contribution is -0.144. The van der Waals surface area contributed by atoms with Crippen LogP contribution in [0.25, 0.3) is 0 Å². The third-order valence-corrected chi connectivity index (χ3v) is 5.28. The number of carbonyl (C=O) groups is 4. The molecule has 0 aromatic heterocycles. The summed E-state index contributed by atoms with van der Waals surface area (Å²) in [6.07, 6.45) is -0.158. The number of rotatable bonds is 11. The standard InChI is InChI=1S/C25H39N3O7/c1-8-16(3)20(27-24(33)35-25(4,5)6)23(32)28(7)21(17-10-12-18(29)13-11-17)22(31)26-15-14-19(30)34-9-2/h10-13,16,20-21,29H,8-9,14-15H2,1-7H3,(H,26,31)(H,27,33). The van der Waals surface area contributed by atoms with Gasteiger partial charge in [-0.25, -0.2) is 4.79 Å². The highest BCUT2D eigenvalue weighted by molar-refractivity contribution is 5.92. The Balaban J connectivity index is 3.17. The van der Waals surface area contributed by atoms with Crippen molar-refractivity contribution < 1.29 is 33.8 Å². The average Bonchev–Trinajstić information content (AvgIpc) is 2.76. The van der Waals surface area contributed by atoms with E-state index in [1.807, 2.05) is 13.8 Å². The van der Waals surface area contributed by atoms with Crippen LogP contribution in [0.2, 0.25) is 0 Å². The molecule has 0 aliphatic carbocycles. The zero-order valence-corrected chi connectivity index (χ0v) is 21.7. The van der Waals surface area contributed by atoms with Crippen molar-refractivity contribution in [2.45, 2.75) is 72.1 Å². The zero-order chi connectivity index (χ0) is 26.8. The Labute approximate surface area is 207 Å². The number of phenolic OH excluding ortho intramolecular Hbond substituents is 1. The van der Waals surface area contributed by atoms with Gasteiger partial charge >= 0.3 is 12.1 Å². The summed E-state index contributed by atoms with van der Waals surface area (Å²) in [6.45, 7) is 10.8. The van der Waals surface area contributed by atoms with Gasteiger partial charge in [-0.15, -0.1) is 0 Å². The maximum Gasteiger partial charge on any atom is 0.408 e. The highest BCUT2D eigenvalue weighted by atomic mass is 16.6. The summed E-state index contributed by atoms with van der Waals surface area (Å²) in [5.74, 6) is -1.69. The maximum absolute atomic E-state index is 13.6. The number of phenols is 1. The van der Waals surface area contributed by atoms with Gasteiger partial charge in [0, 0.05) is 13.6 Å². The van der Waals surface area contributed by atoms with Gasteiger partial charge in [0.2, 0.25) is 11.8 Å². The van der Waals surface area contributed by atoms with E-state index >= 15 is 0 Å². The minimum atomic E-state index is -1.07. The van der Waals surface area contributed by atoms with Crippen molar-refractivity contribution in [1.29, 1.82) is 0 Å². The Morgan fingerprint density at radius 3 is 2.20 bits per heavy atom. The number of ether oxygens (including phenoxy) is 2. The second kappa shape index (κ2) is 13.6. The quantitative estimate of drug-likeness (QED) is 0.404. The van der Waals surface area contributed by atoms with Crippen LogP contribution >= 0.6 is 0 Å². The number of likely N-dealkylation sites (N-methyl/N-ethyl adjacent to an activating group) is 1. The van der Waals surface area contributed by atoms with Crippen LogP contribution in [0.4, 0.5) is 4.79 Å². The SMILES string of the molecule is CCOC(=O)CCNC(=O)C(c1ccc(O)cc1)N(C)C(=O)C(NC(=O)OC(C)(C)C)C(C)CC. The fourth-order valence-corrected chi connectivity index (χ4v) is 3.29. The molecule has 0 bridgehead atoms. The van der Waals surface area contributed by atoms with E-state index in [9.17, 15) is 24.3 Å². The third kappa shape index (κ3) is 9.84. The number of benzene rings is 1. The van der Waals surface area contributed by atoms with Crippen molar-refractivity contribution >= 4 is 23.9 Å². The molecule has 0 aliphatic rings. The van der Waals surface area contributed by atoms with Gasteiger partial charge in [0.05, 0.1) is 13.0 Å². The summed E-state index contributed by atoms with van der Waals surface area (Å²) in [5, 5.41) is 15.0. The first-order chi connectivity index (χ1) is 16.3. The second-order valence-corrected chi connectivity index (χ2v) is 9.30. The first kappa shape index (κ1) is 29.7. The number of carbonyl (C=O) groups excluding carboxylic acids is 4. The summed E-state index contributed by atoms with van der Waals surface area (Å²) in [6, 6.07) is 3.89. The van der Waals surface area contributed by atoms with E-state index in [0.29, 0.717) is 12.0 Å². The second-order valence-electron chi connectivity index (χ2n) is 9.30. The molecule has 35 heavy (non-hydrogen) atoms. The Hall–Kier alpha value is -3.30. The first-order valence-electron chi connectivity index (χ1n) is 11.8. The lowest BCUT2D eigenvalue weighted by Gasteiger charge is -2.33. The van der Waals surface area contributed by atoms with Crippen molar-refractivity contribution in [1.82, 2.24) is 15.5 Å². The highest BCUT2D eigenvalue weighted by Crippen LogP contribution is 2.24. The van der Waals surface area contributed by atoms with Crippen molar-refractivity contribution in [2.24, 2.45) is 5.92 Å². The monoisotopic (exact) mass is 493 g/mol. The van der Waals surface area contributed by atoms with Gasteiger partial charge in [0.25, 0.3) is 0 Å². The maximum atomic E-state index is 13.6. The lowest BCUT2D eigenvalue weighted by atomic mass is 9.96. The molecule has 0 saturated carbocycles. The zero-order valence-electron chi connectivity index (χ0n) is 21.7. The molecule has 1 rings (SSSR count). The first-order valence-corrected chi connectivity index (χ1v) is 11.8. The summed E-state index contributed by atoms with van der Waals surface area (Å²) in [5.41, 5.74) is -0.292. The molecular weight excluding hydrogens is 454 g/mol. The van der Waals surface area contributed by atoms with Crippen LogP contribution in [-0.2, 0) is 23.9 Å². The van der Waals surface area contributed by atoms with Crippen LogP contribution in [0, 0.1) is 5.92 Å². The Morgan fingerprint density at radius 2 is 1.69 bits per heavy atom.